The molecule has 1 saturated carbocycles. The van der Waals surface area contributed by atoms with Gasteiger partial charge in [0.05, 0.1) is 5.69 Å². The molecule has 0 amide bonds. The second-order valence-electron chi connectivity index (χ2n) is 9.80. The first kappa shape index (κ1) is 26.0. The third kappa shape index (κ3) is 7.19. The van der Waals surface area contributed by atoms with Crippen molar-refractivity contribution >= 4 is 37.9 Å². The third-order valence-corrected chi connectivity index (χ3v) is 8.62. The first-order valence-electron chi connectivity index (χ1n) is 12.3. The maximum absolute atomic E-state index is 14.8. The molecule has 2 N–H and O–H groups in total. The summed E-state index contributed by atoms with van der Waals surface area (Å²) in [5.74, 6) is 4.03. The summed E-state index contributed by atoms with van der Waals surface area (Å²) in [6.45, 7) is 8.69. The molecule has 7 heteroatoms. The Labute approximate surface area is 205 Å². The Morgan fingerprint density at radius 1 is 1.30 bits per heavy atom. The van der Waals surface area contributed by atoms with Crippen molar-refractivity contribution in [2.24, 2.45) is 11.8 Å². The fourth-order valence-corrected chi connectivity index (χ4v) is 6.52. The molecule has 0 radical (unpaired) electrons. The highest BCUT2D eigenvalue weighted by molar-refractivity contribution is 8.28. The molecule has 0 saturated heterocycles. The first-order chi connectivity index (χ1) is 15.8. The second-order valence-corrected chi connectivity index (χ2v) is 12.7. The van der Waals surface area contributed by atoms with Crippen LogP contribution in [0.5, 0.6) is 0 Å². The highest BCUT2D eigenvalue weighted by Crippen LogP contribution is 2.40. The quantitative estimate of drug-likeness (QED) is 0.414. The van der Waals surface area contributed by atoms with Crippen LogP contribution in [0, 0.1) is 17.7 Å². The molecule has 0 spiro atoms. The number of carbonyl (C=O) groups excluding carboxylic acids is 1. The van der Waals surface area contributed by atoms with Gasteiger partial charge < -0.3 is 5.32 Å². The van der Waals surface area contributed by atoms with Gasteiger partial charge in [0.25, 0.3) is 0 Å². The van der Waals surface area contributed by atoms with Crippen LogP contribution in [0.25, 0.3) is 0 Å². The summed E-state index contributed by atoms with van der Waals surface area (Å²) >= 11 is 5.36. The predicted molar refractivity (Wildman–Crippen MR) is 140 cm³/mol. The Bertz CT molecular complexity index is 972. The number of nitrogens with zero attached hydrogens (tertiary/aromatic N) is 1. The fourth-order valence-electron chi connectivity index (χ4n) is 4.43. The van der Waals surface area contributed by atoms with E-state index in [2.05, 4.69) is 36.3 Å². The molecule has 4 nitrogen and oxygen atoms in total. The van der Waals surface area contributed by atoms with Crippen LogP contribution < -0.4 is 5.32 Å². The molecule has 33 heavy (non-hydrogen) atoms. The van der Waals surface area contributed by atoms with Crippen molar-refractivity contribution in [3.63, 3.8) is 0 Å². The van der Waals surface area contributed by atoms with E-state index >= 15 is 0 Å². The van der Waals surface area contributed by atoms with Crippen LogP contribution in [0.4, 0.5) is 15.9 Å². The summed E-state index contributed by atoms with van der Waals surface area (Å²) in [5, 5.41) is 10.6. The summed E-state index contributed by atoms with van der Waals surface area (Å²) in [6.07, 6.45) is 6.81. The molecular formula is C26H38FN3OS2. The van der Waals surface area contributed by atoms with Crippen LogP contribution in [0.3, 0.4) is 0 Å². The van der Waals surface area contributed by atoms with Crippen LogP contribution in [0.1, 0.15) is 95.4 Å². The largest absolute Gasteiger partial charge is 0.336 e. The Kier molecular flexibility index (Phi) is 9.62. The van der Waals surface area contributed by atoms with E-state index in [-0.39, 0.29) is 15.3 Å². The summed E-state index contributed by atoms with van der Waals surface area (Å²) in [7, 11) is -0.172. The van der Waals surface area contributed by atoms with Crippen LogP contribution >= 0.6 is 0 Å². The molecule has 182 valence electrons. The van der Waals surface area contributed by atoms with Crippen LogP contribution in [-0.4, -0.2) is 16.0 Å². The fraction of sp³-hybridized carbons (Fsp3) is 0.615. The van der Waals surface area contributed by atoms with E-state index in [9.17, 15) is 9.18 Å². The van der Waals surface area contributed by atoms with Crippen molar-refractivity contribution in [2.45, 2.75) is 90.1 Å². The monoisotopic (exact) mass is 491 g/mol. The van der Waals surface area contributed by atoms with Crippen LogP contribution in [0.15, 0.2) is 18.2 Å². The molecule has 4 rings (SSSR count). The van der Waals surface area contributed by atoms with Crippen molar-refractivity contribution in [1.82, 2.24) is 10.2 Å². The summed E-state index contributed by atoms with van der Waals surface area (Å²) < 4.78 is 14.8. The molecule has 3 unspecified atom stereocenters. The molecule has 3 atom stereocenters. The van der Waals surface area contributed by atoms with Crippen molar-refractivity contribution in [2.75, 3.05) is 5.32 Å². The van der Waals surface area contributed by atoms with Gasteiger partial charge in [0.15, 0.2) is 11.6 Å². The Hall–Kier alpha value is -1.60. The number of nitrogens with one attached hydrogen (secondary N) is 2. The number of aromatic nitrogens is 2. The molecule has 1 fully saturated rings. The second kappa shape index (κ2) is 12.2. The van der Waals surface area contributed by atoms with E-state index in [0.717, 1.165) is 54.2 Å². The normalized spacial score (nSPS) is 21.6. The number of hydrogen-bond donors (Lipinski definition) is 2. The van der Waals surface area contributed by atoms with Crippen molar-refractivity contribution in [3.8, 4) is 0 Å². The number of Topliss-reactive ketones (excluding diaryl/α,β-unsaturated/α-hetero) is 1. The minimum Gasteiger partial charge on any atom is -0.336 e. The standard InChI is InChI=1S/C21H26FN3OS2.C5H12/c1-2-3-16(26)9-13-4-5-14(8-13)19-10-20(25-24-19)23-18-7-6-15-11-28(27)12-17(15)21(18)22;1-4-5(2)3/h6-7,10,13-14H,2-5,8-9,11-12H2,1H3,(H2,23,24,25);5H,4H2,1-3H3. The number of rotatable bonds is 8. The summed E-state index contributed by atoms with van der Waals surface area (Å²) in [4.78, 5) is 11.9. The van der Waals surface area contributed by atoms with E-state index in [0.29, 0.717) is 47.7 Å². The smallest absolute Gasteiger partial charge is 0.152 e. The van der Waals surface area contributed by atoms with Gasteiger partial charge in [0, 0.05) is 47.6 Å². The van der Waals surface area contributed by atoms with Gasteiger partial charge in [-0.3, -0.25) is 9.89 Å². The molecule has 0 bridgehead atoms. The maximum atomic E-state index is 14.8. The van der Waals surface area contributed by atoms with E-state index in [4.69, 9.17) is 11.2 Å². The van der Waals surface area contributed by atoms with Crippen LogP contribution in [0.2, 0.25) is 0 Å². The lowest BCUT2D eigenvalue weighted by atomic mass is 9.96. The molecule has 1 aliphatic carbocycles. The summed E-state index contributed by atoms with van der Waals surface area (Å²) in [5.41, 5.74) is 3.33. The summed E-state index contributed by atoms with van der Waals surface area (Å²) in [6, 6.07) is 5.74. The molecule has 2 aliphatic rings. The zero-order valence-electron chi connectivity index (χ0n) is 20.4. The van der Waals surface area contributed by atoms with Crippen LogP contribution in [-0.2, 0) is 36.9 Å². The van der Waals surface area contributed by atoms with E-state index < -0.39 is 0 Å². The van der Waals surface area contributed by atoms with E-state index in [1.807, 2.05) is 19.1 Å². The molecule has 1 aromatic carbocycles. The van der Waals surface area contributed by atoms with Gasteiger partial charge in [-0.2, -0.15) is 5.10 Å². The maximum Gasteiger partial charge on any atom is 0.152 e. The zero-order chi connectivity index (χ0) is 24.0. The Morgan fingerprint density at radius 3 is 2.76 bits per heavy atom. The number of hydrogen-bond acceptors (Lipinski definition) is 4. The third-order valence-electron chi connectivity index (χ3n) is 6.67. The predicted octanol–water partition coefficient (Wildman–Crippen LogP) is 7.08. The number of aromatic amines is 1. The number of fused-ring (bicyclic) bond motifs is 1. The molecular weight excluding hydrogens is 453 g/mol. The van der Waals surface area contributed by atoms with Gasteiger partial charge in [-0.1, -0.05) is 51.4 Å². The lowest BCUT2D eigenvalue weighted by Gasteiger charge is -2.09. The molecule has 1 aromatic heterocycles. The number of anilines is 2. The lowest BCUT2D eigenvalue weighted by Crippen LogP contribution is -2.05. The van der Waals surface area contributed by atoms with Crippen molar-refractivity contribution in [3.05, 3.63) is 40.8 Å². The average molecular weight is 492 g/mol. The number of halogens is 1. The Morgan fingerprint density at radius 2 is 2.06 bits per heavy atom. The molecule has 1 aliphatic heterocycles. The van der Waals surface area contributed by atoms with Crippen molar-refractivity contribution in [1.29, 1.82) is 0 Å². The van der Waals surface area contributed by atoms with Gasteiger partial charge in [0.2, 0.25) is 0 Å². The number of benzene rings is 1. The van der Waals surface area contributed by atoms with E-state index in [1.165, 1.54) is 6.42 Å². The minimum absolute atomic E-state index is 0.172. The first-order valence-corrected chi connectivity index (χ1v) is 14.8. The highest BCUT2D eigenvalue weighted by atomic mass is 32.8. The van der Waals surface area contributed by atoms with E-state index in [1.54, 1.807) is 6.07 Å². The van der Waals surface area contributed by atoms with Gasteiger partial charge in [-0.25, -0.2) is 4.39 Å². The van der Waals surface area contributed by atoms with Gasteiger partial charge >= 0.3 is 0 Å². The van der Waals surface area contributed by atoms with Crippen molar-refractivity contribution < 1.29 is 9.18 Å². The number of carbonyl (C=O) groups is 1. The lowest BCUT2D eigenvalue weighted by molar-refractivity contribution is -0.119. The average Bonchev–Trinajstić information content (AvgIpc) is 3.50. The van der Waals surface area contributed by atoms with Gasteiger partial charge in [-0.05, 0) is 49.1 Å². The Balaban J connectivity index is 0.000000555. The number of ketones is 1. The minimum atomic E-state index is -0.197. The van der Waals surface area contributed by atoms with Gasteiger partial charge in [-0.15, -0.1) is 9.45 Å². The zero-order valence-corrected chi connectivity index (χ0v) is 22.0. The topological polar surface area (TPSA) is 57.8 Å². The SMILES string of the molecule is CCC(C)C.CCCC(=O)CC1CCC(c2cc(Nc3ccc4c(c3F)CS(=S)C4)n[nH]2)C1. The molecule has 2 heterocycles. The van der Waals surface area contributed by atoms with Gasteiger partial charge in [0.1, 0.15) is 5.78 Å². The number of H-pyrrole nitrogens is 1. The highest BCUT2D eigenvalue weighted by Gasteiger charge is 2.28. The molecule has 2 aromatic rings.